The summed E-state index contributed by atoms with van der Waals surface area (Å²) in [5, 5.41) is 8.83. The van der Waals surface area contributed by atoms with Gasteiger partial charge in [0, 0.05) is 0 Å². The Bertz CT molecular complexity index is 763. The molecule has 3 nitrogen and oxygen atoms in total. The molecule has 0 amide bonds. The first kappa shape index (κ1) is 12.9. The molecule has 2 aromatic carbocycles. The third-order valence-corrected chi connectivity index (χ3v) is 6.08. The standard InChI is InChI=1S/C16H13NO2S/c17-12-16(13-7-3-1-4-8-13)11-15(16)20(18,19)14-9-5-2-6-10-14/h1-10,15H,11H2/t15-,16-/m0/s1. The fourth-order valence-corrected chi connectivity index (χ4v) is 4.67. The van der Waals surface area contributed by atoms with Crippen LogP contribution in [-0.2, 0) is 15.3 Å². The average molecular weight is 283 g/mol. The molecule has 0 radical (unpaired) electrons. The Kier molecular flexibility index (Phi) is 2.88. The fraction of sp³-hybridized carbons (Fsp3) is 0.188. The van der Waals surface area contributed by atoms with Crippen LogP contribution in [0, 0.1) is 11.3 Å². The zero-order valence-corrected chi connectivity index (χ0v) is 11.5. The molecule has 0 heterocycles. The van der Waals surface area contributed by atoms with Crippen molar-refractivity contribution in [2.75, 3.05) is 0 Å². The minimum atomic E-state index is -3.46. The maximum Gasteiger partial charge on any atom is 0.183 e. The zero-order valence-electron chi connectivity index (χ0n) is 10.7. The van der Waals surface area contributed by atoms with E-state index in [0.29, 0.717) is 6.42 Å². The molecule has 2 aromatic rings. The van der Waals surface area contributed by atoms with E-state index in [1.807, 2.05) is 30.3 Å². The number of sulfone groups is 1. The van der Waals surface area contributed by atoms with Crippen molar-refractivity contribution in [3.05, 3.63) is 66.2 Å². The maximum atomic E-state index is 12.6. The fourth-order valence-electron chi connectivity index (χ4n) is 2.60. The third-order valence-electron chi connectivity index (χ3n) is 3.83. The smallest absolute Gasteiger partial charge is 0.183 e. The highest BCUT2D eigenvalue weighted by Crippen LogP contribution is 2.53. The first-order valence-electron chi connectivity index (χ1n) is 6.37. The van der Waals surface area contributed by atoms with Gasteiger partial charge in [-0.2, -0.15) is 5.26 Å². The van der Waals surface area contributed by atoms with E-state index in [1.54, 1.807) is 30.3 Å². The molecule has 100 valence electrons. The molecule has 1 fully saturated rings. The van der Waals surface area contributed by atoms with Crippen molar-refractivity contribution in [3.8, 4) is 6.07 Å². The van der Waals surface area contributed by atoms with Gasteiger partial charge in [0.05, 0.1) is 16.2 Å². The van der Waals surface area contributed by atoms with Gasteiger partial charge in [0.25, 0.3) is 0 Å². The van der Waals surface area contributed by atoms with Gasteiger partial charge in [-0.15, -0.1) is 0 Å². The van der Waals surface area contributed by atoms with Gasteiger partial charge in [-0.3, -0.25) is 0 Å². The van der Waals surface area contributed by atoms with Gasteiger partial charge >= 0.3 is 0 Å². The molecule has 1 saturated carbocycles. The third kappa shape index (κ3) is 1.83. The Morgan fingerprint density at radius 2 is 1.55 bits per heavy atom. The van der Waals surface area contributed by atoms with Crippen molar-refractivity contribution in [1.82, 2.24) is 0 Å². The van der Waals surface area contributed by atoms with Crippen LogP contribution in [0.15, 0.2) is 65.6 Å². The molecule has 0 unspecified atom stereocenters. The lowest BCUT2D eigenvalue weighted by Crippen LogP contribution is -2.18. The molecular formula is C16H13NO2S. The molecule has 0 aromatic heterocycles. The molecular weight excluding hydrogens is 270 g/mol. The van der Waals surface area contributed by atoms with E-state index >= 15 is 0 Å². The van der Waals surface area contributed by atoms with Gasteiger partial charge in [-0.25, -0.2) is 8.42 Å². The topological polar surface area (TPSA) is 57.9 Å². The predicted octanol–water partition coefficient (Wildman–Crippen LogP) is 2.69. The van der Waals surface area contributed by atoms with E-state index in [1.165, 1.54) is 0 Å². The lowest BCUT2D eigenvalue weighted by atomic mass is 9.98. The first-order chi connectivity index (χ1) is 9.61. The molecule has 0 N–H and O–H groups in total. The number of rotatable bonds is 3. The molecule has 2 atom stereocenters. The zero-order chi connectivity index (χ0) is 14.2. The summed E-state index contributed by atoms with van der Waals surface area (Å²) < 4.78 is 25.2. The second-order valence-electron chi connectivity index (χ2n) is 5.00. The normalized spacial score (nSPS) is 24.9. The minimum Gasteiger partial charge on any atom is -0.223 e. The second-order valence-corrected chi connectivity index (χ2v) is 7.13. The van der Waals surface area contributed by atoms with Gasteiger partial charge in [-0.1, -0.05) is 48.5 Å². The van der Waals surface area contributed by atoms with Crippen LogP contribution in [0.1, 0.15) is 12.0 Å². The summed E-state index contributed by atoms with van der Waals surface area (Å²) in [6.07, 6.45) is 0.366. The molecule has 0 spiro atoms. The van der Waals surface area contributed by atoms with Gasteiger partial charge in [0.1, 0.15) is 5.41 Å². The summed E-state index contributed by atoms with van der Waals surface area (Å²) in [5.74, 6) is 0. The minimum absolute atomic E-state index is 0.290. The second kappa shape index (κ2) is 4.46. The Balaban J connectivity index is 2.01. The number of nitrogens with zero attached hydrogens (tertiary/aromatic N) is 1. The SMILES string of the molecule is N#C[C@]1(c2ccccc2)C[C@@H]1S(=O)(=O)c1ccccc1. The summed E-state index contributed by atoms with van der Waals surface area (Å²) in [5.41, 5.74) is -0.109. The highest BCUT2D eigenvalue weighted by Gasteiger charge is 2.63. The molecule has 1 aliphatic carbocycles. The summed E-state index contributed by atoms with van der Waals surface area (Å²) in [6.45, 7) is 0. The van der Waals surface area contributed by atoms with E-state index in [-0.39, 0.29) is 4.90 Å². The van der Waals surface area contributed by atoms with Crippen molar-refractivity contribution >= 4 is 9.84 Å². The van der Waals surface area contributed by atoms with Crippen LogP contribution in [-0.4, -0.2) is 13.7 Å². The predicted molar refractivity (Wildman–Crippen MR) is 75.8 cm³/mol. The highest BCUT2D eigenvalue weighted by atomic mass is 32.2. The Morgan fingerprint density at radius 1 is 1.00 bits per heavy atom. The van der Waals surface area contributed by atoms with Crippen molar-refractivity contribution in [2.24, 2.45) is 0 Å². The molecule has 3 rings (SSSR count). The van der Waals surface area contributed by atoms with E-state index in [4.69, 9.17) is 0 Å². The van der Waals surface area contributed by atoms with Gasteiger partial charge in [0.15, 0.2) is 9.84 Å². The molecule has 0 aliphatic heterocycles. The summed E-state index contributed by atoms with van der Waals surface area (Å²) in [4.78, 5) is 0.290. The van der Waals surface area contributed by atoms with E-state index in [9.17, 15) is 13.7 Å². The lowest BCUT2D eigenvalue weighted by molar-refractivity contribution is 0.592. The maximum absolute atomic E-state index is 12.6. The van der Waals surface area contributed by atoms with Crippen LogP contribution in [0.4, 0.5) is 0 Å². The van der Waals surface area contributed by atoms with Gasteiger partial charge in [-0.05, 0) is 24.1 Å². The summed E-state index contributed by atoms with van der Waals surface area (Å²) in [7, 11) is -3.46. The molecule has 4 heteroatoms. The van der Waals surface area contributed by atoms with E-state index < -0.39 is 20.5 Å². The Labute approximate surface area is 118 Å². The molecule has 20 heavy (non-hydrogen) atoms. The number of hydrogen-bond acceptors (Lipinski definition) is 3. The van der Waals surface area contributed by atoms with Crippen LogP contribution >= 0.6 is 0 Å². The van der Waals surface area contributed by atoms with E-state index in [0.717, 1.165) is 5.56 Å². The van der Waals surface area contributed by atoms with Crippen molar-refractivity contribution in [2.45, 2.75) is 22.0 Å². The van der Waals surface area contributed by atoms with Crippen LogP contribution in [0.25, 0.3) is 0 Å². The monoisotopic (exact) mass is 283 g/mol. The highest BCUT2D eigenvalue weighted by molar-refractivity contribution is 7.92. The van der Waals surface area contributed by atoms with Gasteiger partial charge < -0.3 is 0 Å². The molecule has 1 aliphatic rings. The number of hydrogen-bond donors (Lipinski definition) is 0. The lowest BCUT2D eigenvalue weighted by Gasteiger charge is -2.09. The summed E-state index contributed by atoms with van der Waals surface area (Å²) in [6, 6.07) is 19.7. The summed E-state index contributed by atoms with van der Waals surface area (Å²) >= 11 is 0. The van der Waals surface area contributed by atoms with Crippen LogP contribution in [0.2, 0.25) is 0 Å². The van der Waals surface area contributed by atoms with Crippen molar-refractivity contribution in [1.29, 1.82) is 5.26 Å². The van der Waals surface area contributed by atoms with E-state index in [2.05, 4.69) is 6.07 Å². The molecule has 0 saturated heterocycles. The quantitative estimate of drug-likeness (QED) is 0.870. The Morgan fingerprint density at radius 3 is 2.10 bits per heavy atom. The van der Waals surface area contributed by atoms with Crippen LogP contribution in [0.5, 0.6) is 0 Å². The van der Waals surface area contributed by atoms with Crippen molar-refractivity contribution < 1.29 is 8.42 Å². The first-order valence-corrected chi connectivity index (χ1v) is 7.91. The van der Waals surface area contributed by atoms with Gasteiger partial charge in [0.2, 0.25) is 0 Å². The number of benzene rings is 2. The largest absolute Gasteiger partial charge is 0.223 e. The molecule has 0 bridgehead atoms. The Hall–Kier alpha value is -2.12. The van der Waals surface area contributed by atoms with Crippen LogP contribution in [0.3, 0.4) is 0 Å². The van der Waals surface area contributed by atoms with Crippen molar-refractivity contribution in [3.63, 3.8) is 0 Å². The van der Waals surface area contributed by atoms with Crippen LogP contribution < -0.4 is 0 Å². The number of nitriles is 1. The average Bonchev–Trinajstić information content (AvgIpc) is 3.26.